The monoisotopic (exact) mass is 486 g/mol. The van der Waals surface area contributed by atoms with Crippen molar-refractivity contribution in [1.29, 1.82) is 0 Å². The number of aromatic amines is 1. The lowest BCUT2D eigenvalue weighted by atomic mass is 10.2. The number of likely N-dealkylation sites (N-methyl/N-ethyl adjacent to an activating group) is 1. The molecule has 0 atom stereocenters. The first-order chi connectivity index (χ1) is 15.1. The Morgan fingerprint density at radius 1 is 1.16 bits per heavy atom. The highest BCUT2D eigenvalue weighted by Gasteiger charge is 2.20. The molecule has 2 N–H and O–H groups in total. The zero-order chi connectivity index (χ0) is 21.4. The summed E-state index contributed by atoms with van der Waals surface area (Å²) in [6.07, 6.45) is 1.69. The van der Waals surface area contributed by atoms with Gasteiger partial charge in [-0.25, -0.2) is 4.39 Å². The average Bonchev–Trinajstić information content (AvgIpc) is 3.40. The zero-order valence-corrected chi connectivity index (χ0v) is 18.3. The standard InChI is InChI=1S/C19H20BrFN10/c1-29-5-7-30(8-6-29)19-25-17-14(20)10-23-31(17)18(26-19)22-11-15-24-16(28-27-15)12-3-2-4-13(21)9-12/h2-4,9-10H,5-8,11H2,1H3,(H,22,25,26)(H,24,27,28). The van der Waals surface area contributed by atoms with Crippen LogP contribution < -0.4 is 10.2 Å². The number of halogens is 2. The summed E-state index contributed by atoms with van der Waals surface area (Å²) >= 11 is 3.51. The van der Waals surface area contributed by atoms with Crippen molar-refractivity contribution in [2.45, 2.75) is 6.54 Å². The van der Waals surface area contributed by atoms with Crippen LogP contribution in [0.5, 0.6) is 0 Å². The van der Waals surface area contributed by atoms with Crippen molar-refractivity contribution in [3.8, 4) is 11.4 Å². The molecule has 31 heavy (non-hydrogen) atoms. The Hall–Kier alpha value is -3.12. The molecule has 1 fully saturated rings. The molecule has 0 bridgehead atoms. The summed E-state index contributed by atoms with van der Waals surface area (Å²) in [7, 11) is 2.11. The number of nitrogens with one attached hydrogen (secondary N) is 2. The lowest BCUT2D eigenvalue weighted by Gasteiger charge is -2.32. The topological polar surface area (TPSA) is 103 Å². The van der Waals surface area contributed by atoms with Gasteiger partial charge in [-0.3, -0.25) is 0 Å². The number of aromatic nitrogens is 7. The van der Waals surface area contributed by atoms with E-state index in [2.05, 4.69) is 63.4 Å². The van der Waals surface area contributed by atoms with E-state index in [1.54, 1.807) is 22.8 Å². The Morgan fingerprint density at radius 2 is 2.00 bits per heavy atom. The summed E-state index contributed by atoms with van der Waals surface area (Å²) in [6, 6.07) is 6.22. The van der Waals surface area contributed by atoms with Crippen molar-refractivity contribution in [2.75, 3.05) is 43.4 Å². The molecule has 4 aromatic rings. The second-order valence-electron chi connectivity index (χ2n) is 7.35. The van der Waals surface area contributed by atoms with Crippen LogP contribution in [0.2, 0.25) is 0 Å². The molecule has 1 aliphatic heterocycles. The van der Waals surface area contributed by atoms with Gasteiger partial charge in [0.05, 0.1) is 17.2 Å². The van der Waals surface area contributed by atoms with E-state index in [1.165, 1.54) is 12.1 Å². The summed E-state index contributed by atoms with van der Waals surface area (Å²) in [5.74, 6) is 1.98. The molecule has 0 radical (unpaired) electrons. The molecule has 0 amide bonds. The molecule has 3 aromatic heterocycles. The number of piperazine rings is 1. The van der Waals surface area contributed by atoms with Crippen molar-refractivity contribution < 1.29 is 4.39 Å². The van der Waals surface area contributed by atoms with Crippen molar-refractivity contribution in [2.24, 2.45) is 0 Å². The number of H-pyrrole nitrogens is 1. The van der Waals surface area contributed by atoms with Gasteiger partial charge in [-0.1, -0.05) is 12.1 Å². The largest absolute Gasteiger partial charge is 0.347 e. The van der Waals surface area contributed by atoms with Crippen LogP contribution in [-0.4, -0.2) is 72.9 Å². The molecule has 0 aliphatic carbocycles. The van der Waals surface area contributed by atoms with Gasteiger partial charge in [0.2, 0.25) is 11.9 Å². The second kappa shape index (κ2) is 8.19. The molecule has 1 aromatic carbocycles. The lowest BCUT2D eigenvalue weighted by Crippen LogP contribution is -2.45. The van der Waals surface area contributed by atoms with Crippen LogP contribution in [0.25, 0.3) is 17.0 Å². The Morgan fingerprint density at radius 3 is 2.81 bits per heavy atom. The first-order valence-corrected chi connectivity index (χ1v) is 10.6. The van der Waals surface area contributed by atoms with Crippen LogP contribution in [-0.2, 0) is 6.54 Å². The minimum Gasteiger partial charge on any atom is -0.347 e. The molecule has 0 spiro atoms. The molecule has 1 saturated heterocycles. The van der Waals surface area contributed by atoms with Gasteiger partial charge in [-0.2, -0.15) is 19.6 Å². The van der Waals surface area contributed by atoms with Crippen LogP contribution in [0.4, 0.5) is 16.3 Å². The quantitative estimate of drug-likeness (QED) is 0.442. The first kappa shape index (κ1) is 19.8. The SMILES string of the molecule is CN1CCN(c2nc(NCc3nnc(-c4cccc(F)c4)[nH]3)n3ncc(Br)c3n2)CC1. The minimum absolute atomic E-state index is 0.322. The summed E-state index contributed by atoms with van der Waals surface area (Å²) < 4.78 is 15.9. The maximum atomic E-state index is 13.5. The molecule has 1 aliphatic rings. The number of hydrogen-bond donors (Lipinski definition) is 2. The fourth-order valence-electron chi connectivity index (χ4n) is 3.41. The molecule has 12 heteroatoms. The summed E-state index contributed by atoms with van der Waals surface area (Å²) in [5.41, 5.74) is 1.32. The third-order valence-corrected chi connectivity index (χ3v) is 5.70. The van der Waals surface area contributed by atoms with E-state index in [9.17, 15) is 4.39 Å². The second-order valence-corrected chi connectivity index (χ2v) is 8.20. The van der Waals surface area contributed by atoms with E-state index in [1.807, 2.05) is 0 Å². The van der Waals surface area contributed by atoms with Gasteiger partial charge in [0.15, 0.2) is 11.5 Å². The summed E-state index contributed by atoms with van der Waals surface area (Å²) in [4.78, 5) is 17.0. The Balaban J connectivity index is 1.39. The maximum Gasteiger partial charge on any atom is 0.230 e. The van der Waals surface area contributed by atoms with E-state index in [4.69, 9.17) is 4.98 Å². The zero-order valence-electron chi connectivity index (χ0n) is 16.8. The van der Waals surface area contributed by atoms with Crippen LogP contribution in [0.1, 0.15) is 5.82 Å². The van der Waals surface area contributed by atoms with Crippen molar-refractivity contribution >= 4 is 33.5 Å². The van der Waals surface area contributed by atoms with E-state index in [0.717, 1.165) is 30.7 Å². The number of rotatable bonds is 5. The normalized spacial score (nSPS) is 15.0. The smallest absolute Gasteiger partial charge is 0.230 e. The van der Waals surface area contributed by atoms with Crippen molar-refractivity contribution in [3.05, 3.63) is 46.6 Å². The fraction of sp³-hybridized carbons (Fsp3) is 0.316. The predicted molar refractivity (Wildman–Crippen MR) is 117 cm³/mol. The Labute approximate surface area is 185 Å². The van der Waals surface area contributed by atoms with E-state index >= 15 is 0 Å². The lowest BCUT2D eigenvalue weighted by molar-refractivity contribution is 0.311. The number of nitrogens with zero attached hydrogens (tertiary/aromatic N) is 8. The number of benzene rings is 1. The predicted octanol–water partition coefficient (Wildman–Crippen LogP) is 2.17. The molecule has 0 unspecified atom stereocenters. The van der Waals surface area contributed by atoms with Crippen LogP contribution in [0.3, 0.4) is 0 Å². The van der Waals surface area contributed by atoms with E-state index in [-0.39, 0.29) is 5.82 Å². The van der Waals surface area contributed by atoms with E-state index in [0.29, 0.717) is 41.3 Å². The Bertz CT molecular complexity index is 1210. The maximum absolute atomic E-state index is 13.5. The molecule has 5 rings (SSSR count). The minimum atomic E-state index is -0.322. The Kier molecular flexibility index (Phi) is 5.24. The molecular weight excluding hydrogens is 467 g/mol. The summed E-state index contributed by atoms with van der Waals surface area (Å²) in [6.45, 7) is 3.97. The number of hydrogen-bond acceptors (Lipinski definition) is 8. The highest BCUT2D eigenvalue weighted by atomic mass is 79.9. The van der Waals surface area contributed by atoms with Gasteiger partial charge in [-0.05, 0) is 35.1 Å². The molecule has 0 saturated carbocycles. The average molecular weight is 487 g/mol. The van der Waals surface area contributed by atoms with Crippen LogP contribution in [0.15, 0.2) is 34.9 Å². The summed E-state index contributed by atoms with van der Waals surface area (Å²) in [5, 5.41) is 15.9. The van der Waals surface area contributed by atoms with Crippen molar-refractivity contribution in [1.82, 2.24) is 39.7 Å². The van der Waals surface area contributed by atoms with Gasteiger partial charge < -0.3 is 20.1 Å². The highest BCUT2D eigenvalue weighted by Crippen LogP contribution is 2.22. The molecular formula is C19H20BrFN10. The number of anilines is 2. The fourth-order valence-corrected chi connectivity index (χ4v) is 3.76. The third-order valence-electron chi connectivity index (χ3n) is 5.14. The van der Waals surface area contributed by atoms with Gasteiger partial charge in [-0.15, -0.1) is 10.2 Å². The first-order valence-electron chi connectivity index (χ1n) is 9.83. The van der Waals surface area contributed by atoms with Crippen LogP contribution in [0, 0.1) is 5.82 Å². The van der Waals surface area contributed by atoms with Gasteiger partial charge in [0, 0.05) is 31.7 Å². The van der Waals surface area contributed by atoms with Gasteiger partial charge in [0.1, 0.15) is 11.6 Å². The highest BCUT2D eigenvalue weighted by molar-refractivity contribution is 9.10. The molecule has 160 valence electrons. The molecule has 4 heterocycles. The van der Waals surface area contributed by atoms with Gasteiger partial charge in [0.25, 0.3) is 0 Å². The van der Waals surface area contributed by atoms with Gasteiger partial charge >= 0.3 is 0 Å². The van der Waals surface area contributed by atoms with E-state index < -0.39 is 0 Å². The molecule has 10 nitrogen and oxygen atoms in total. The van der Waals surface area contributed by atoms with Crippen LogP contribution >= 0.6 is 15.9 Å². The number of fused-ring (bicyclic) bond motifs is 1. The van der Waals surface area contributed by atoms with Crippen molar-refractivity contribution in [3.63, 3.8) is 0 Å². The third kappa shape index (κ3) is 4.08.